The van der Waals surface area contributed by atoms with E-state index in [1.165, 1.54) is 11.0 Å². The number of nitrogens with one attached hydrogen (secondary N) is 1. The topological polar surface area (TPSA) is 62.6 Å². The van der Waals surface area contributed by atoms with Crippen molar-refractivity contribution in [2.45, 2.75) is 13.3 Å². The van der Waals surface area contributed by atoms with Crippen molar-refractivity contribution in [1.29, 1.82) is 0 Å². The molecule has 2 amide bonds. The minimum Gasteiger partial charge on any atom is -0.465 e. The third-order valence-electron chi connectivity index (χ3n) is 3.77. The van der Waals surface area contributed by atoms with Crippen LogP contribution < -0.4 is 10.2 Å². The molecule has 1 aliphatic heterocycles. The van der Waals surface area contributed by atoms with Crippen molar-refractivity contribution >= 4 is 40.9 Å². The smallest absolute Gasteiger partial charge is 0.270 e. The molecule has 126 valence electrons. The van der Waals surface area contributed by atoms with Gasteiger partial charge in [0.1, 0.15) is 11.3 Å². The molecule has 2 aromatic rings. The molecule has 0 unspecified atom stereocenters. The van der Waals surface area contributed by atoms with Crippen LogP contribution in [0.25, 0.3) is 6.08 Å². The maximum absolute atomic E-state index is 12.7. The van der Waals surface area contributed by atoms with Gasteiger partial charge in [-0.25, -0.2) is 0 Å². The minimum absolute atomic E-state index is 0.0102. The summed E-state index contributed by atoms with van der Waals surface area (Å²) >= 11 is 5.17. The van der Waals surface area contributed by atoms with Crippen molar-refractivity contribution in [2.75, 3.05) is 4.90 Å². The zero-order chi connectivity index (χ0) is 17.8. The Labute approximate surface area is 150 Å². The standard InChI is InChI=1S/C19H16N2O3S/c1-2-13-8-10-14(11-9-13)21-18(23)16(17(22)20-19(21)25)7-3-5-15-6-4-12-24-15/h3-12H,2H2,1H3,(H,20,22,25). The molecule has 0 saturated carbocycles. The summed E-state index contributed by atoms with van der Waals surface area (Å²) in [5.41, 5.74) is 1.78. The number of nitrogens with zero attached hydrogens (tertiary/aromatic N) is 1. The van der Waals surface area contributed by atoms with Crippen LogP contribution in [0.4, 0.5) is 5.69 Å². The number of rotatable bonds is 4. The van der Waals surface area contributed by atoms with E-state index in [4.69, 9.17) is 16.6 Å². The van der Waals surface area contributed by atoms with Crippen LogP contribution in [0.3, 0.4) is 0 Å². The minimum atomic E-state index is -0.513. The summed E-state index contributed by atoms with van der Waals surface area (Å²) in [4.78, 5) is 26.2. The molecular weight excluding hydrogens is 336 g/mol. The molecule has 1 aromatic carbocycles. The van der Waals surface area contributed by atoms with Gasteiger partial charge in [0.25, 0.3) is 11.8 Å². The zero-order valence-corrected chi connectivity index (χ0v) is 14.4. The van der Waals surface area contributed by atoms with Crippen molar-refractivity contribution in [3.8, 4) is 0 Å². The fourth-order valence-corrected chi connectivity index (χ4v) is 2.70. The predicted octanol–water partition coefficient (Wildman–Crippen LogP) is 3.23. The Hall–Kier alpha value is -2.99. The van der Waals surface area contributed by atoms with Gasteiger partial charge in [0.2, 0.25) is 0 Å². The van der Waals surface area contributed by atoms with Gasteiger partial charge in [0, 0.05) is 0 Å². The number of carbonyl (C=O) groups is 2. The molecule has 0 radical (unpaired) electrons. The monoisotopic (exact) mass is 352 g/mol. The van der Waals surface area contributed by atoms with Gasteiger partial charge < -0.3 is 4.42 Å². The lowest BCUT2D eigenvalue weighted by molar-refractivity contribution is -0.122. The van der Waals surface area contributed by atoms with E-state index in [1.807, 2.05) is 24.3 Å². The van der Waals surface area contributed by atoms with Crippen LogP contribution in [0.1, 0.15) is 18.2 Å². The lowest BCUT2D eigenvalue weighted by atomic mass is 10.1. The second-order valence-corrected chi connectivity index (χ2v) is 5.76. The predicted molar refractivity (Wildman–Crippen MR) is 99.9 cm³/mol. The molecule has 1 fully saturated rings. The Morgan fingerprint density at radius 2 is 1.96 bits per heavy atom. The number of anilines is 1. The summed E-state index contributed by atoms with van der Waals surface area (Å²) in [5, 5.41) is 2.63. The highest BCUT2D eigenvalue weighted by molar-refractivity contribution is 7.80. The molecule has 0 spiro atoms. The largest absolute Gasteiger partial charge is 0.465 e. The van der Waals surface area contributed by atoms with Crippen LogP contribution in [0.15, 0.2) is 64.8 Å². The van der Waals surface area contributed by atoms with Crippen molar-refractivity contribution in [3.63, 3.8) is 0 Å². The van der Waals surface area contributed by atoms with Gasteiger partial charge in [-0.2, -0.15) is 0 Å². The average Bonchev–Trinajstić information content (AvgIpc) is 3.11. The Morgan fingerprint density at radius 3 is 2.60 bits per heavy atom. The number of benzene rings is 1. The van der Waals surface area contributed by atoms with Crippen LogP contribution in [0.2, 0.25) is 0 Å². The molecular formula is C19H16N2O3S. The SMILES string of the molecule is CCc1ccc(N2C(=O)C(=CC=Cc3ccco3)C(=O)NC2=S)cc1. The first-order valence-corrected chi connectivity index (χ1v) is 8.21. The molecule has 1 saturated heterocycles. The van der Waals surface area contributed by atoms with Crippen LogP contribution >= 0.6 is 12.2 Å². The fourth-order valence-electron chi connectivity index (χ4n) is 2.42. The maximum Gasteiger partial charge on any atom is 0.270 e. The van der Waals surface area contributed by atoms with Crippen LogP contribution in [-0.2, 0) is 16.0 Å². The molecule has 1 N–H and O–H groups in total. The third-order valence-corrected chi connectivity index (χ3v) is 4.06. The number of thiocarbonyl (C=S) groups is 1. The molecule has 1 aromatic heterocycles. The lowest BCUT2D eigenvalue weighted by Crippen LogP contribution is -2.54. The number of furan rings is 1. The fraction of sp³-hybridized carbons (Fsp3) is 0.105. The van der Waals surface area contributed by atoms with Gasteiger partial charge in [0.05, 0.1) is 12.0 Å². The average molecular weight is 352 g/mol. The molecule has 0 bridgehead atoms. The van der Waals surface area contributed by atoms with Gasteiger partial charge in [-0.05, 0) is 60.6 Å². The highest BCUT2D eigenvalue weighted by Gasteiger charge is 2.33. The molecule has 1 aliphatic rings. The second kappa shape index (κ2) is 7.27. The number of carbonyl (C=O) groups excluding carboxylic acids is 2. The number of hydrogen-bond donors (Lipinski definition) is 1. The summed E-state index contributed by atoms with van der Waals surface area (Å²) in [6.45, 7) is 2.05. The van der Waals surface area contributed by atoms with E-state index in [0.717, 1.165) is 12.0 Å². The zero-order valence-electron chi connectivity index (χ0n) is 13.6. The quantitative estimate of drug-likeness (QED) is 0.521. The summed E-state index contributed by atoms with van der Waals surface area (Å²) in [7, 11) is 0. The normalized spacial score (nSPS) is 16.8. The van der Waals surface area contributed by atoms with Crippen LogP contribution in [0, 0.1) is 0 Å². The Kier molecular flexibility index (Phi) is 4.90. The van der Waals surface area contributed by atoms with Crippen molar-refractivity contribution in [2.24, 2.45) is 0 Å². The number of allylic oxidation sites excluding steroid dienone is 2. The number of aryl methyl sites for hydroxylation is 1. The van der Waals surface area contributed by atoms with Crippen molar-refractivity contribution in [1.82, 2.24) is 5.32 Å². The summed E-state index contributed by atoms with van der Waals surface area (Å²) in [6, 6.07) is 11.0. The second-order valence-electron chi connectivity index (χ2n) is 5.37. The van der Waals surface area contributed by atoms with E-state index in [-0.39, 0.29) is 10.7 Å². The van der Waals surface area contributed by atoms with E-state index in [9.17, 15) is 9.59 Å². The van der Waals surface area contributed by atoms with E-state index < -0.39 is 11.8 Å². The summed E-state index contributed by atoms with van der Waals surface area (Å²) < 4.78 is 5.17. The maximum atomic E-state index is 12.7. The van der Waals surface area contributed by atoms with Gasteiger partial charge >= 0.3 is 0 Å². The number of amides is 2. The first kappa shape index (κ1) is 16.9. The summed E-state index contributed by atoms with van der Waals surface area (Å²) in [6.07, 6.45) is 7.16. The van der Waals surface area contributed by atoms with Gasteiger partial charge in [-0.3, -0.25) is 19.8 Å². The Balaban J connectivity index is 1.88. The first-order chi connectivity index (χ1) is 12.1. The highest BCUT2D eigenvalue weighted by atomic mass is 32.1. The van der Waals surface area contributed by atoms with E-state index in [1.54, 1.807) is 30.5 Å². The Bertz CT molecular complexity index is 865. The van der Waals surface area contributed by atoms with Crippen LogP contribution in [-0.4, -0.2) is 16.9 Å². The summed E-state index contributed by atoms with van der Waals surface area (Å²) in [5.74, 6) is -0.342. The molecule has 0 atom stereocenters. The van der Waals surface area contributed by atoms with E-state index >= 15 is 0 Å². The molecule has 5 nitrogen and oxygen atoms in total. The lowest BCUT2D eigenvalue weighted by Gasteiger charge is -2.28. The molecule has 3 rings (SSSR count). The van der Waals surface area contributed by atoms with Gasteiger partial charge in [-0.15, -0.1) is 0 Å². The Morgan fingerprint density at radius 1 is 1.20 bits per heavy atom. The molecule has 6 heteroatoms. The molecule has 0 aliphatic carbocycles. The molecule has 2 heterocycles. The first-order valence-electron chi connectivity index (χ1n) is 7.80. The van der Waals surface area contributed by atoms with Crippen molar-refractivity contribution < 1.29 is 14.0 Å². The molecule has 25 heavy (non-hydrogen) atoms. The number of hydrogen-bond acceptors (Lipinski definition) is 4. The van der Waals surface area contributed by atoms with Crippen LogP contribution in [0.5, 0.6) is 0 Å². The van der Waals surface area contributed by atoms with Gasteiger partial charge in [-0.1, -0.05) is 25.1 Å². The van der Waals surface area contributed by atoms with Crippen molar-refractivity contribution in [3.05, 3.63) is 71.7 Å². The highest BCUT2D eigenvalue weighted by Crippen LogP contribution is 2.21. The van der Waals surface area contributed by atoms with E-state index in [0.29, 0.717) is 11.4 Å². The van der Waals surface area contributed by atoms with Gasteiger partial charge in [0.15, 0.2) is 5.11 Å². The third kappa shape index (κ3) is 3.59. The van der Waals surface area contributed by atoms with E-state index in [2.05, 4.69) is 12.2 Å².